The fourth-order valence-corrected chi connectivity index (χ4v) is 2.53. The Morgan fingerprint density at radius 1 is 0.810 bits per heavy atom. The van der Waals surface area contributed by atoms with Crippen LogP contribution in [0.3, 0.4) is 0 Å². The Kier molecular flexibility index (Phi) is 2.75. The molecule has 0 fully saturated rings. The quantitative estimate of drug-likeness (QED) is 0.550. The molecule has 0 saturated heterocycles. The van der Waals surface area contributed by atoms with Crippen molar-refractivity contribution < 1.29 is 0 Å². The Morgan fingerprint density at radius 2 is 1.67 bits per heavy atom. The number of rotatable bonds is 2. The second-order valence-electron chi connectivity index (χ2n) is 4.89. The van der Waals surface area contributed by atoms with E-state index in [1.807, 2.05) is 35.3 Å². The summed E-state index contributed by atoms with van der Waals surface area (Å²) in [6.07, 6.45) is 5.67. The number of hydrogen-bond acceptors (Lipinski definition) is 2. The van der Waals surface area contributed by atoms with E-state index in [0.717, 1.165) is 16.9 Å². The molecule has 3 heteroatoms. The van der Waals surface area contributed by atoms with Crippen molar-refractivity contribution in [2.24, 2.45) is 0 Å². The van der Waals surface area contributed by atoms with Crippen molar-refractivity contribution in [3.8, 4) is 16.9 Å². The third kappa shape index (κ3) is 2.09. The molecule has 0 aliphatic carbocycles. The Morgan fingerprint density at radius 3 is 2.57 bits per heavy atom. The van der Waals surface area contributed by atoms with Gasteiger partial charge in [0.25, 0.3) is 0 Å². The molecule has 0 atom stereocenters. The Hall–Kier alpha value is -2.94. The van der Waals surface area contributed by atoms with E-state index in [1.165, 1.54) is 10.8 Å². The van der Waals surface area contributed by atoms with Gasteiger partial charge >= 0.3 is 0 Å². The monoisotopic (exact) mass is 271 g/mol. The van der Waals surface area contributed by atoms with Gasteiger partial charge in [-0.15, -0.1) is 0 Å². The van der Waals surface area contributed by atoms with Crippen molar-refractivity contribution in [2.75, 3.05) is 0 Å². The lowest BCUT2D eigenvalue weighted by Gasteiger charge is -2.06. The lowest BCUT2D eigenvalue weighted by atomic mass is 10.1. The number of aromatic nitrogens is 3. The van der Waals surface area contributed by atoms with E-state index in [-0.39, 0.29) is 0 Å². The average molecular weight is 271 g/mol. The van der Waals surface area contributed by atoms with Gasteiger partial charge in [0.1, 0.15) is 0 Å². The molecule has 4 rings (SSSR count). The molecule has 0 aliphatic heterocycles. The summed E-state index contributed by atoms with van der Waals surface area (Å²) in [5, 5.41) is 6.89. The van der Waals surface area contributed by atoms with E-state index in [1.54, 1.807) is 6.20 Å². The van der Waals surface area contributed by atoms with Crippen LogP contribution in [0.5, 0.6) is 0 Å². The smallest absolute Gasteiger partial charge is 0.0733 e. The maximum absolute atomic E-state index is 4.49. The van der Waals surface area contributed by atoms with Crippen LogP contribution in [0.4, 0.5) is 0 Å². The lowest BCUT2D eigenvalue weighted by molar-refractivity contribution is 0.888. The molecule has 0 unspecified atom stereocenters. The highest BCUT2D eigenvalue weighted by molar-refractivity contribution is 5.90. The standard InChI is InChI=1S/C18H13N3/c1-2-8-16-14(6-1)7-5-10-18(16)21-13-15(12-20-21)17-9-3-4-11-19-17/h1-13H. The van der Waals surface area contributed by atoms with E-state index in [4.69, 9.17) is 0 Å². The van der Waals surface area contributed by atoms with Crippen LogP contribution in [0.25, 0.3) is 27.7 Å². The number of fused-ring (bicyclic) bond motifs is 1. The number of benzene rings is 2. The molecule has 3 nitrogen and oxygen atoms in total. The average Bonchev–Trinajstić information content (AvgIpc) is 3.05. The van der Waals surface area contributed by atoms with Crippen molar-refractivity contribution in [2.45, 2.75) is 0 Å². The lowest BCUT2D eigenvalue weighted by Crippen LogP contribution is -1.94. The summed E-state index contributed by atoms with van der Waals surface area (Å²) in [4.78, 5) is 4.36. The van der Waals surface area contributed by atoms with Gasteiger partial charge in [0.05, 0.1) is 17.6 Å². The zero-order valence-electron chi connectivity index (χ0n) is 11.3. The topological polar surface area (TPSA) is 30.7 Å². The van der Waals surface area contributed by atoms with Crippen molar-refractivity contribution in [3.05, 3.63) is 79.3 Å². The molecular formula is C18H13N3. The van der Waals surface area contributed by atoms with Gasteiger partial charge < -0.3 is 0 Å². The van der Waals surface area contributed by atoms with Gasteiger partial charge in [-0.3, -0.25) is 4.98 Å². The molecule has 2 aromatic heterocycles. The van der Waals surface area contributed by atoms with Gasteiger partial charge in [-0.25, -0.2) is 4.68 Å². The molecule has 21 heavy (non-hydrogen) atoms. The van der Waals surface area contributed by atoms with Crippen LogP contribution < -0.4 is 0 Å². The minimum Gasteiger partial charge on any atom is -0.256 e. The molecule has 2 aromatic carbocycles. The van der Waals surface area contributed by atoms with E-state index in [0.29, 0.717) is 0 Å². The Labute approximate surface area is 122 Å². The van der Waals surface area contributed by atoms with E-state index >= 15 is 0 Å². The first-order chi connectivity index (χ1) is 10.4. The fourth-order valence-electron chi connectivity index (χ4n) is 2.53. The molecule has 2 heterocycles. The van der Waals surface area contributed by atoms with E-state index in [2.05, 4.69) is 52.5 Å². The summed E-state index contributed by atoms with van der Waals surface area (Å²) >= 11 is 0. The molecule has 0 radical (unpaired) electrons. The van der Waals surface area contributed by atoms with Gasteiger partial charge in [0.2, 0.25) is 0 Å². The number of hydrogen-bond donors (Lipinski definition) is 0. The van der Waals surface area contributed by atoms with Crippen molar-refractivity contribution >= 4 is 10.8 Å². The Bertz CT molecular complexity index is 889. The highest BCUT2D eigenvalue weighted by Gasteiger charge is 2.06. The highest BCUT2D eigenvalue weighted by atomic mass is 15.3. The maximum Gasteiger partial charge on any atom is 0.0733 e. The van der Waals surface area contributed by atoms with Gasteiger partial charge in [-0.2, -0.15) is 5.10 Å². The maximum atomic E-state index is 4.49. The summed E-state index contributed by atoms with van der Waals surface area (Å²) in [5.41, 5.74) is 3.03. The van der Waals surface area contributed by atoms with Crippen LogP contribution in [0.15, 0.2) is 79.3 Å². The largest absolute Gasteiger partial charge is 0.256 e. The van der Waals surface area contributed by atoms with Crippen LogP contribution in [0.2, 0.25) is 0 Å². The van der Waals surface area contributed by atoms with Gasteiger partial charge in [-0.05, 0) is 23.6 Å². The molecule has 0 aliphatic rings. The summed E-state index contributed by atoms with van der Waals surface area (Å²) in [7, 11) is 0. The van der Waals surface area contributed by atoms with Crippen molar-refractivity contribution in [1.82, 2.24) is 14.8 Å². The molecule has 0 saturated carbocycles. The van der Waals surface area contributed by atoms with Crippen LogP contribution in [0.1, 0.15) is 0 Å². The predicted octanol–water partition coefficient (Wildman–Crippen LogP) is 4.09. The van der Waals surface area contributed by atoms with Crippen LogP contribution in [-0.2, 0) is 0 Å². The minimum atomic E-state index is 0.934. The zero-order valence-corrected chi connectivity index (χ0v) is 11.3. The van der Waals surface area contributed by atoms with Crippen molar-refractivity contribution in [3.63, 3.8) is 0 Å². The molecule has 0 amide bonds. The summed E-state index contributed by atoms with van der Waals surface area (Å²) in [6, 6.07) is 20.5. The fraction of sp³-hybridized carbons (Fsp3) is 0. The second kappa shape index (κ2) is 4.87. The van der Waals surface area contributed by atoms with Gasteiger partial charge in [-0.1, -0.05) is 42.5 Å². The Balaban J connectivity index is 1.85. The highest BCUT2D eigenvalue weighted by Crippen LogP contribution is 2.23. The van der Waals surface area contributed by atoms with Crippen LogP contribution in [-0.4, -0.2) is 14.8 Å². The number of pyridine rings is 1. The zero-order chi connectivity index (χ0) is 14.1. The summed E-state index contributed by atoms with van der Waals surface area (Å²) < 4.78 is 1.91. The van der Waals surface area contributed by atoms with E-state index in [9.17, 15) is 0 Å². The molecular weight excluding hydrogens is 258 g/mol. The number of nitrogens with zero attached hydrogens (tertiary/aromatic N) is 3. The first kappa shape index (κ1) is 11.9. The van der Waals surface area contributed by atoms with Gasteiger partial charge in [0, 0.05) is 23.3 Å². The molecule has 0 bridgehead atoms. The molecule has 100 valence electrons. The van der Waals surface area contributed by atoms with Crippen LogP contribution >= 0.6 is 0 Å². The second-order valence-corrected chi connectivity index (χ2v) is 4.89. The third-order valence-corrected chi connectivity index (χ3v) is 3.56. The SMILES string of the molecule is c1ccc(-c2cnn(-c3cccc4ccccc34)c2)nc1. The predicted molar refractivity (Wildman–Crippen MR) is 84.3 cm³/mol. The third-order valence-electron chi connectivity index (χ3n) is 3.56. The van der Waals surface area contributed by atoms with Crippen LogP contribution in [0, 0.1) is 0 Å². The first-order valence-corrected chi connectivity index (χ1v) is 6.86. The van der Waals surface area contributed by atoms with Gasteiger partial charge in [0.15, 0.2) is 0 Å². The summed E-state index contributed by atoms with van der Waals surface area (Å²) in [5.74, 6) is 0. The summed E-state index contributed by atoms with van der Waals surface area (Å²) in [6.45, 7) is 0. The normalized spacial score (nSPS) is 10.9. The molecule has 4 aromatic rings. The minimum absolute atomic E-state index is 0.934. The first-order valence-electron chi connectivity index (χ1n) is 6.86. The molecule has 0 N–H and O–H groups in total. The van der Waals surface area contributed by atoms with E-state index < -0.39 is 0 Å². The molecule has 0 spiro atoms. The van der Waals surface area contributed by atoms with Crippen molar-refractivity contribution in [1.29, 1.82) is 0 Å².